The van der Waals surface area contributed by atoms with Gasteiger partial charge in [0.25, 0.3) is 5.69 Å². The Morgan fingerprint density at radius 3 is 2.80 bits per heavy atom. The van der Waals surface area contributed by atoms with E-state index in [0.717, 1.165) is 22.4 Å². The highest BCUT2D eigenvalue weighted by molar-refractivity contribution is 9.10. The summed E-state index contributed by atoms with van der Waals surface area (Å²) in [5.41, 5.74) is 2.13. The highest BCUT2D eigenvalue weighted by Gasteiger charge is 2.16. The number of thioether (sulfide) groups is 1. The normalized spacial score (nSPS) is 10.8. The molecule has 0 unspecified atom stereocenters. The van der Waals surface area contributed by atoms with Crippen LogP contribution in [0.4, 0.5) is 5.69 Å². The summed E-state index contributed by atoms with van der Waals surface area (Å²) in [6.45, 7) is 4.74. The van der Waals surface area contributed by atoms with Crippen LogP contribution in [0.2, 0.25) is 0 Å². The van der Waals surface area contributed by atoms with Crippen molar-refractivity contribution in [2.75, 3.05) is 0 Å². The van der Waals surface area contributed by atoms with Gasteiger partial charge in [0.1, 0.15) is 0 Å². The summed E-state index contributed by atoms with van der Waals surface area (Å²) in [4.78, 5) is 11.3. The van der Waals surface area contributed by atoms with Crippen molar-refractivity contribution in [3.63, 3.8) is 0 Å². The van der Waals surface area contributed by atoms with Crippen molar-refractivity contribution in [2.24, 2.45) is 0 Å². The molecule has 0 aliphatic rings. The van der Waals surface area contributed by atoms with Gasteiger partial charge in [0.05, 0.1) is 25.7 Å². The van der Waals surface area contributed by atoms with Crippen LogP contribution in [0.3, 0.4) is 0 Å². The lowest BCUT2D eigenvalue weighted by atomic mass is 10.3. The van der Waals surface area contributed by atoms with Crippen molar-refractivity contribution < 1.29 is 4.92 Å². The van der Waals surface area contributed by atoms with Crippen molar-refractivity contribution in [3.8, 4) is 0 Å². The molecule has 7 heteroatoms. The molecule has 0 amide bonds. The summed E-state index contributed by atoms with van der Waals surface area (Å²) in [7, 11) is 0. The maximum absolute atomic E-state index is 11.0. The fourth-order valence-corrected chi connectivity index (χ4v) is 3.54. The summed E-state index contributed by atoms with van der Waals surface area (Å²) in [6, 6.07) is 6.79. The number of benzene rings is 1. The number of hydrogen-bond donors (Lipinski definition) is 0. The Hall–Kier alpha value is -1.34. The SMILES string of the molecule is CCn1nc(C)c(Br)c1CSc1ccccc1[N+](=O)[O-]. The Kier molecular flexibility index (Phi) is 4.82. The molecule has 1 aromatic carbocycles. The van der Waals surface area contributed by atoms with E-state index >= 15 is 0 Å². The van der Waals surface area contributed by atoms with E-state index in [9.17, 15) is 10.1 Å². The molecule has 0 fully saturated rings. The third-order valence-corrected chi connectivity index (χ3v) is 4.98. The first-order valence-corrected chi connectivity index (χ1v) is 7.90. The predicted octanol–water partition coefficient (Wildman–Crippen LogP) is 4.17. The second-order valence-corrected chi connectivity index (χ2v) is 5.99. The summed E-state index contributed by atoms with van der Waals surface area (Å²) in [5.74, 6) is 0.639. The first-order chi connectivity index (χ1) is 9.54. The van der Waals surface area contributed by atoms with E-state index in [4.69, 9.17) is 0 Å². The molecule has 0 bridgehead atoms. The lowest BCUT2D eigenvalue weighted by Crippen LogP contribution is -2.02. The van der Waals surface area contributed by atoms with Gasteiger partial charge < -0.3 is 0 Å². The summed E-state index contributed by atoms with van der Waals surface area (Å²) in [6.07, 6.45) is 0. The predicted molar refractivity (Wildman–Crippen MR) is 83.0 cm³/mol. The van der Waals surface area contributed by atoms with Gasteiger partial charge in [0.2, 0.25) is 0 Å². The highest BCUT2D eigenvalue weighted by Crippen LogP contribution is 2.33. The molecule has 5 nitrogen and oxygen atoms in total. The van der Waals surface area contributed by atoms with E-state index in [-0.39, 0.29) is 10.6 Å². The zero-order valence-electron chi connectivity index (χ0n) is 11.2. The highest BCUT2D eigenvalue weighted by atomic mass is 79.9. The molecule has 0 aliphatic heterocycles. The minimum absolute atomic E-state index is 0.146. The van der Waals surface area contributed by atoms with Crippen LogP contribution in [-0.4, -0.2) is 14.7 Å². The molecule has 0 saturated heterocycles. The maximum Gasteiger partial charge on any atom is 0.282 e. The van der Waals surface area contributed by atoms with Crippen LogP contribution in [0.25, 0.3) is 0 Å². The molecule has 0 saturated carbocycles. The first kappa shape index (κ1) is 15.1. The summed E-state index contributed by atoms with van der Waals surface area (Å²) >= 11 is 4.99. The van der Waals surface area contributed by atoms with Gasteiger partial charge in [-0.1, -0.05) is 12.1 Å². The van der Waals surface area contributed by atoms with Crippen LogP contribution in [0, 0.1) is 17.0 Å². The number of nitro benzene ring substituents is 1. The van der Waals surface area contributed by atoms with Crippen molar-refractivity contribution in [1.29, 1.82) is 0 Å². The van der Waals surface area contributed by atoms with Crippen molar-refractivity contribution >= 4 is 33.4 Å². The molecule has 2 rings (SSSR count). The van der Waals surface area contributed by atoms with E-state index in [1.807, 2.05) is 24.6 Å². The first-order valence-electron chi connectivity index (χ1n) is 6.12. The second kappa shape index (κ2) is 6.41. The Balaban J connectivity index is 2.23. The topological polar surface area (TPSA) is 61.0 Å². The van der Waals surface area contributed by atoms with Crippen LogP contribution in [-0.2, 0) is 12.3 Å². The Morgan fingerprint density at radius 1 is 1.45 bits per heavy atom. The Labute approximate surface area is 129 Å². The maximum atomic E-state index is 11.0. The molecular weight excluding hydrogens is 342 g/mol. The molecule has 0 aliphatic carbocycles. The number of aromatic nitrogens is 2. The van der Waals surface area contributed by atoms with Crippen molar-refractivity contribution in [1.82, 2.24) is 9.78 Å². The van der Waals surface area contributed by atoms with Crippen LogP contribution in [0.15, 0.2) is 33.6 Å². The monoisotopic (exact) mass is 355 g/mol. The van der Waals surface area contributed by atoms with Gasteiger partial charge in [-0.05, 0) is 35.8 Å². The lowest BCUT2D eigenvalue weighted by Gasteiger charge is -2.06. The zero-order valence-corrected chi connectivity index (χ0v) is 13.6. The quantitative estimate of drug-likeness (QED) is 0.458. The van der Waals surface area contributed by atoms with Gasteiger partial charge in [0.15, 0.2) is 0 Å². The number of nitro groups is 1. The Morgan fingerprint density at radius 2 is 2.15 bits per heavy atom. The number of halogens is 1. The van der Waals surface area contributed by atoms with Crippen LogP contribution < -0.4 is 0 Å². The number of nitrogens with zero attached hydrogens (tertiary/aromatic N) is 3. The van der Waals surface area contributed by atoms with Crippen molar-refractivity contribution in [2.45, 2.75) is 31.0 Å². The Bertz CT molecular complexity index is 643. The smallest absolute Gasteiger partial charge is 0.268 e. The standard InChI is InChI=1S/C13H14BrN3O2S/c1-3-16-11(13(14)9(2)15-16)8-20-12-7-5-4-6-10(12)17(18)19/h4-7H,3,8H2,1-2H3. The number of para-hydroxylation sites is 1. The average molecular weight is 356 g/mol. The van der Waals surface area contributed by atoms with Crippen LogP contribution >= 0.6 is 27.7 Å². The van der Waals surface area contributed by atoms with Crippen LogP contribution in [0.5, 0.6) is 0 Å². The largest absolute Gasteiger partial charge is 0.282 e. The number of aryl methyl sites for hydroxylation is 2. The third-order valence-electron chi connectivity index (χ3n) is 2.88. The molecule has 0 spiro atoms. The summed E-state index contributed by atoms with van der Waals surface area (Å²) < 4.78 is 2.90. The third kappa shape index (κ3) is 3.04. The van der Waals surface area contributed by atoms with E-state index in [0.29, 0.717) is 10.6 Å². The molecule has 0 radical (unpaired) electrons. The van der Waals surface area contributed by atoms with Gasteiger partial charge >= 0.3 is 0 Å². The van der Waals surface area contributed by atoms with Crippen LogP contribution in [0.1, 0.15) is 18.3 Å². The molecular formula is C13H14BrN3O2S. The van der Waals surface area contributed by atoms with E-state index < -0.39 is 0 Å². The molecule has 106 valence electrons. The number of hydrogen-bond acceptors (Lipinski definition) is 4. The zero-order chi connectivity index (χ0) is 14.7. The van der Waals surface area contributed by atoms with Gasteiger partial charge in [-0.25, -0.2) is 0 Å². The van der Waals surface area contributed by atoms with Gasteiger partial charge in [-0.3, -0.25) is 14.8 Å². The summed E-state index contributed by atoms with van der Waals surface area (Å²) in [5, 5.41) is 15.4. The van der Waals surface area contributed by atoms with E-state index in [1.54, 1.807) is 12.1 Å². The van der Waals surface area contributed by atoms with Gasteiger partial charge in [-0.2, -0.15) is 5.10 Å². The molecule has 0 N–H and O–H groups in total. The van der Waals surface area contributed by atoms with Gasteiger partial charge in [-0.15, -0.1) is 11.8 Å². The fraction of sp³-hybridized carbons (Fsp3) is 0.308. The minimum Gasteiger partial charge on any atom is -0.268 e. The van der Waals surface area contributed by atoms with Crippen molar-refractivity contribution in [3.05, 3.63) is 50.2 Å². The molecule has 2 aromatic rings. The molecule has 1 aromatic heterocycles. The minimum atomic E-state index is -0.347. The van der Waals surface area contributed by atoms with Gasteiger partial charge in [0, 0.05) is 18.4 Å². The molecule has 1 heterocycles. The fourth-order valence-electron chi connectivity index (χ4n) is 1.88. The van der Waals surface area contributed by atoms with E-state index in [1.165, 1.54) is 17.8 Å². The molecule has 20 heavy (non-hydrogen) atoms. The average Bonchev–Trinajstić information content (AvgIpc) is 2.72. The van der Waals surface area contributed by atoms with E-state index in [2.05, 4.69) is 21.0 Å². The lowest BCUT2D eigenvalue weighted by molar-refractivity contribution is -0.387. The second-order valence-electron chi connectivity index (χ2n) is 4.18. The number of rotatable bonds is 5. The molecule has 0 atom stereocenters.